The number of rotatable bonds is 10. The molecule has 0 aliphatic heterocycles. The first kappa shape index (κ1) is 19.9. The number of hydrogen-bond donors (Lipinski definition) is 0. The van der Waals surface area contributed by atoms with Crippen molar-refractivity contribution in [3.05, 3.63) is 46.7 Å². The molecule has 140 valence electrons. The molecular weight excluding hydrogens is 372 g/mol. The summed E-state index contributed by atoms with van der Waals surface area (Å²) in [4.78, 5) is 7.15. The van der Waals surface area contributed by atoms with Crippen LogP contribution in [0.4, 0.5) is 0 Å². The molecule has 1 atom stereocenters. The Labute approximate surface area is 170 Å². The number of aryl methyl sites for hydroxylation is 1. The molecule has 0 saturated carbocycles. The van der Waals surface area contributed by atoms with E-state index in [0.29, 0.717) is 0 Å². The van der Waals surface area contributed by atoms with Crippen LogP contribution in [-0.2, 0) is 6.42 Å². The van der Waals surface area contributed by atoms with Gasteiger partial charge < -0.3 is 0 Å². The van der Waals surface area contributed by atoms with Crippen molar-refractivity contribution < 1.29 is 0 Å². The molecular formula is C23H30S3. The van der Waals surface area contributed by atoms with Gasteiger partial charge in [0.2, 0.25) is 0 Å². The van der Waals surface area contributed by atoms with Gasteiger partial charge >= 0.3 is 0 Å². The highest BCUT2D eigenvalue weighted by molar-refractivity contribution is 7.26. The average Bonchev–Trinajstić information content (AvgIpc) is 3.35. The minimum absolute atomic E-state index is 0.851. The third kappa shape index (κ3) is 5.80. The molecule has 3 aromatic heterocycles. The van der Waals surface area contributed by atoms with Crippen molar-refractivity contribution in [2.24, 2.45) is 11.8 Å². The van der Waals surface area contributed by atoms with E-state index in [1.165, 1.54) is 58.0 Å². The van der Waals surface area contributed by atoms with Crippen molar-refractivity contribution in [2.45, 2.75) is 59.3 Å². The van der Waals surface area contributed by atoms with Crippen LogP contribution in [-0.4, -0.2) is 0 Å². The summed E-state index contributed by atoms with van der Waals surface area (Å²) in [5, 5.41) is 2.15. The molecule has 0 saturated heterocycles. The molecule has 0 fully saturated rings. The van der Waals surface area contributed by atoms with Gasteiger partial charge in [-0.25, -0.2) is 0 Å². The summed E-state index contributed by atoms with van der Waals surface area (Å²) < 4.78 is 0. The Morgan fingerprint density at radius 2 is 1.42 bits per heavy atom. The van der Waals surface area contributed by atoms with E-state index in [-0.39, 0.29) is 0 Å². The van der Waals surface area contributed by atoms with Crippen molar-refractivity contribution in [3.8, 4) is 19.5 Å². The fourth-order valence-corrected chi connectivity index (χ4v) is 6.29. The van der Waals surface area contributed by atoms with Gasteiger partial charge in [-0.15, -0.1) is 34.0 Å². The van der Waals surface area contributed by atoms with E-state index >= 15 is 0 Å². The molecule has 1 unspecified atom stereocenters. The lowest BCUT2D eigenvalue weighted by atomic mass is 9.95. The zero-order valence-electron chi connectivity index (χ0n) is 16.2. The summed E-state index contributed by atoms with van der Waals surface area (Å²) in [6.45, 7) is 7.09. The predicted octanol–water partition coefficient (Wildman–Crippen LogP) is 8.99. The maximum atomic E-state index is 2.43. The van der Waals surface area contributed by atoms with Crippen molar-refractivity contribution in [2.75, 3.05) is 0 Å². The van der Waals surface area contributed by atoms with Gasteiger partial charge in [0.15, 0.2) is 0 Å². The smallest absolute Gasteiger partial charge is 0.0449 e. The molecule has 3 heteroatoms. The minimum atomic E-state index is 0.851. The second-order valence-electron chi connectivity index (χ2n) is 7.73. The standard InChI is InChI=1S/C23H30S3/c1-17(2)7-4-8-18(3)9-5-10-19-12-13-22(25-19)23-15-14-21(26-23)20-11-6-16-24-20/h6,11-18H,4-5,7-10H2,1-3H3. The lowest BCUT2D eigenvalue weighted by molar-refractivity contribution is 0.428. The summed E-state index contributed by atoms with van der Waals surface area (Å²) in [6, 6.07) is 13.6. The molecule has 0 aliphatic carbocycles. The lowest BCUT2D eigenvalue weighted by Crippen LogP contribution is -1.97. The van der Waals surface area contributed by atoms with Gasteiger partial charge in [-0.1, -0.05) is 52.5 Å². The zero-order chi connectivity index (χ0) is 18.4. The fourth-order valence-electron chi connectivity index (χ4n) is 3.31. The molecule has 0 radical (unpaired) electrons. The third-order valence-corrected chi connectivity index (χ3v) is 8.36. The highest BCUT2D eigenvalue weighted by Gasteiger charge is 2.09. The Hall–Kier alpha value is -0.900. The molecule has 0 aliphatic rings. The van der Waals surface area contributed by atoms with Crippen LogP contribution in [0.5, 0.6) is 0 Å². The van der Waals surface area contributed by atoms with E-state index in [4.69, 9.17) is 0 Å². The average molecular weight is 403 g/mol. The summed E-state index contributed by atoms with van der Waals surface area (Å²) in [7, 11) is 0. The Balaban J connectivity index is 1.46. The highest BCUT2D eigenvalue weighted by Crippen LogP contribution is 2.39. The summed E-state index contributed by atoms with van der Waals surface area (Å²) >= 11 is 5.73. The van der Waals surface area contributed by atoms with Crippen LogP contribution in [0.1, 0.15) is 57.8 Å². The molecule has 3 rings (SSSR count). The predicted molar refractivity (Wildman–Crippen MR) is 122 cm³/mol. The first-order valence-electron chi connectivity index (χ1n) is 9.84. The number of hydrogen-bond acceptors (Lipinski definition) is 3. The Morgan fingerprint density at radius 1 is 0.731 bits per heavy atom. The Morgan fingerprint density at radius 3 is 2.15 bits per heavy atom. The van der Waals surface area contributed by atoms with Gasteiger partial charge in [-0.05, 0) is 60.4 Å². The van der Waals surface area contributed by atoms with Gasteiger partial charge in [0.05, 0.1) is 0 Å². The molecule has 0 bridgehead atoms. The van der Waals surface area contributed by atoms with Gasteiger partial charge in [-0.3, -0.25) is 0 Å². The second kappa shape index (κ2) is 9.87. The van der Waals surface area contributed by atoms with Crippen LogP contribution in [0, 0.1) is 11.8 Å². The SMILES string of the molecule is CC(C)CCCC(C)CCCc1ccc(-c2ccc(-c3cccs3)s2)s1. The van der Waals surface area contributed by atoms with Crippen molar-refractivity contribution in [3.63, 3.8) is 0 Å². The summed E-state index contributed by atoms with van der Waals surface area (Å²) in [5.74, 6) is 1.73. The Bertz CT molecular complexity index is 761. The molecule has 0 amide bonds. The topological polar surface area (TPSA) is 0 Å². The van der Waals surface area contributed by atoms with Gasteiger partial charge in [0, 0.05) is 24.4 Å². The van der Waals surface area contributed by atoms with E-state index in [1.807, 2.05) is 34.0 Å². The summed E-state index contributed by atoms with van der Waals surface area (Å²) in [5.41, 5.74) is 0. The van der Waals surface area contributed by atoms with Crippen molar-refractivity contribution in [1.82, 2.24) is 0 Å². The van der Waals surface area contributed by atoms with E-state index in [9.17, 15) is 0 Å². The second-order valence-corrected chi connectivity index (χ2v) is 10.9. The molecule has 0 aromatic carbocycles. The highest BCUT2D eigenvalue weighted by atomic mass is 32.1. The van der Waals surface area contributed by atoms with Crippen LogP contribution >= 0.6 is 34.0 Å². The molecule has 26 heavy (non-hydrogen) atoms. The monoisotopic (exact) mass is 402 g/mol. The Kier molecular flexibility index (Phi) is 7.53. The zero-order valence-corrected chi connectivity index (χ0v) is 18.6. The fraction of sp³-hybridized carbons (Fsp3) is 0.478. The van der Waals surface area contributed by atoms with E-state index in [0.717, 1.165) is 11.8 Å². The van der Waals surface area contributed by atoms with Gasteiger partial charge in [0.25, 0.3) is 0 Å². The lowest BCUT2D eigenvalue weighted by Gasteiger charge is -2.11. The molecule has 3 heterocycles. The van der Waals surface area contributed by atoms with Crippen LogP contribution in [0.25, 0.3) is 19.5 Å². The van der Waals surface area contributed by atoms with Gasteiger partial charge in [-0.2, -0.15) is 0 Å². The van der Waals surface area contributed by atoms with Crippen molar-refractivity contribution >= 4 is 34.0 Å². The maximum absolute atomic E-state index is 2.43. The van der Waals surface area contributed by atoms with Crippen LogP contribution < -0.4 is 0 Å². The molecule has 0 nitrogen and oxygen atoms in total. The minimum Gasteiger partial charge on any atom is -0.143 e. The first-order valence-corrected chi connectivity index (χ1v) is 12.4. The van der Waals surface area contributed by atoms with E-state index < -0.39 is 0 Å². The number of thiophene rings is 3. The van der Waals surface area contributed by atoms with Crippen molar-refractivity contribution in [1.29, 1.82) is 0 Å². The normalized spacial score (nSPS) is 12.8. The largest absolute Gasteiger partial charge is 0.143 e. The van der Waals surface area contributed by atoms with Crippen LogP contribution in [0.15, 0.2) is 41.8 Å². The summed E-state index contributed by atoms with van der Waals surface area (Å²) in [6.07, 6.45) is 8.11. The molecule has 0 spiro atoms. The van der Waals surface area contributed by atoms with Crippen LogP contribution in [0.3, 0.4) is 0 Å². The van der Waals surface area contributed by atoms with E-state index in [1.54, 1.807) is 4.88 Å². The maximum Gasteiger partial charge on any atom is 0.0449 e. The molecule has 0 N–H and O–H groups in total. The molecule has 3 aromatic rings. The van der Waals surface area contributed by atoms with Gasteiger partial charge in [0.1, 0.15) is 0 Å². The third-order valence-electron chi connectivity index (χ3n) is 4.87. The quantitative estimate of drug-likeness (QED) is 0.317. The first-order chi connectivity index (χ1) is 12.6. The van der Waals surface area contributed by atoms with E-state index in [2.05, 4.69) is 62.5 Å². The van der Waals surface area contributed by atoms with Crippen LogP contribution in [0.2, 0.25) is 0 Å².